The van der Waals surface area contributed by atoms with Gasteiger partial charge >= 0.3 is 5.97 Å². The number of carbonyl (C=O) groups is 1. The van der Waals surface area contributed by atoms with E-state index in [1.165, 1.54) is 28.6 Å². The molecule has 4 aromatic rings. The number of esters is 1. The lowest BCUT2D eigenvalue weighted by Gasteiger charge is -2.22. The van der Waals surface area contributed by atoms with Crippen molar-refractivity contribution in [1.29, 1.82) is 0 Å². The first-order chi connectivity index (χ1) is 16.3. The van der Waals surface area contributed by atoms with E-state index in [1.54, 1.807) is 49.4 Å². The lowest BCUT2D eigenvalue weighted by Crippen LogP contribution is -2.30. The smallest absolute Gasteiger partial charge is 0.338 e. The van der Waals surface area contributed by atoms with E-state index in [4.69, 9.17) is 16.3 Å². The average Bonchev–Trinajstić information content (AvgIpc) is 2.83. The maximum atomic E-state index is 13.1. The van der Waals surface area contributed by atoms with E-state index in [9.17, 15) is 18.0 Å². The second-order valence-corrected chi connectivity index (χ2v) is 9.58. The number of para-hydroxylation sites is 1. The minimum atomic E-state index is -3.81. The van der Waals surface area contributed by atoms with Crippen LogP contribution in [-0.2, 0) is 21.4 Å². The summed E-state index contributed by atoms with van der Waals surface area (Å²) in [4.78, 5) is 31.6. The molecule has 34 heavy (non-hydrogen) atoms. The molecule has 0 aliphatic carbocycles. The molecule has 1 heterocycles. The van der Waals surface area contributed by atoms with E-state index < -0.39 is 16.0 Å². The highest BCUT2D eigenvalue weighted by atomic mass is 35.5. The zero-order valence-electron chi connectivity index (χ0n) is 18.1. The van der Waals surface area contributed by atoms with Gasteiger partial charge in [0.05, 0.1) is 27.0 Å². The highest BCUT2D eigenvalue weighted by molar-refractivity contribution is 7.92. The van der Waals surface area contributed by atoms with E-state index in [1.807, 2.05) is 6.07 Å². The summed E-state index contributed by atoms with van der Waals surface area (Å²) in [6, 6.07) is 18.9. The predicted molar refractivity (Wildman–Crippen MR) is 130 cm³/mol. The fourth-order valence-corrected chi connectivity index (χ4v) is 5.06. The number of hydrogen-bond acceptors (Lipinski definition) is 6. The van der Waals surface area contributed by atoms with Crippen molar-refractivity contribution >= 4 is 44.2 Å². The zero-order valence-corrected chi connectivity index (χ0v) is 19.6. The van der Waals surface area contributed by atoms with E-state index in [0.29, 0.717) is 21.6 Å². The maximum Gasteiger partial charge on any atom is 0.338 e. The number of nitrogens with one attached hydrogen (secondary N) is 1. The van der Waals surface area contributed by atoms with Crippen LogP contribution >= 0.6 is 11.6 Å². The minimum Gasteiger partial charge on any atom is -0.454 e. The Kier molecular flexibility index (Phi) is 6.67. The zero-order chi connectivity index (χ0) is 24.3. The average molecular weight is 498 g/mol. The molecule has 8 nitrogen and oxygen atoms in total. The summed E-state index contributed by atoms with van der Waals surface area (Å²) in [5.74, 6) is -0.526. The molecule has 10 heteroatoms. The Morgan fingerprint density at radius 3 is 2.44 bits per heavy atom. The van der Waals surface area contributed by atoms with Crippen molar-refractivity contribution in [2.24, 2.45) is 0 Å². The molecule has 0 fully saturated rings. The van der Waals surface area contributed by atoms with Gasteiger partial charge in [0.2, 0.25) is 0 Å². The lowest BCUT2D eigenvalue weighted by atomic mass is 10.2. The molecule has 0 radical (unpaired) electrons. The molecule has 0 aliphatic rings. The van der Waals surface area contributed by atoms with Crippen LogP contribution in [0.2, 0.25) is 5.02 Å². The van der Waals surface area contributed by atoms with Gasteiger partial charge in [-0.3, -0.25) is 9.10 Å². The first kappa shape index (κ1) is 23.5. The quantitative estimate of drug-likeness (QED) is 0.384. The fraction of sp³-hybridized carbons (Fsp3) is 0.125. The Morgan fingerprint density at radius 1 is 1.06 bits per heavy atom. The highest BCUT2D eigenvalue weighted by Gasteiger charge is 2.24. The number of aromatic amines is 1. The van der Waals surface area contributed by atoms with Crippen LogP contribution in [0.25, 0.3) is 10.9 Å². The van der Waals surface area contributed by atoms with Gasteiger partial charge in [0.1, 0.15) is 12.4 Å². The normalized spacial score (nSPS) is 11.4. The van der Waals surface area contributed by atoms with Gasteiger partial charge in [-0.15, -0.1) is 0 Å². The second-order valence-electron chi connectivity index (χ2n) is 7.28. The molecule has 0 amide bonds. The Bertz CT molecular complexity index is 1500. The molecular formula is C24H20ClN3O5S. The van der Waals surface area contributed by atoms with Crippen molar-refractivity contribution in [2.45, 2.75) is 18.4 Å². The molecule has 0 bridgehead atoms. The standard InChI is InChI=1S/C24H20ClN3O5S/c1-2-28(18-6-4-3-5-7-18)34(31,32)19-11-8-16(9-12-19)24(30)33-15-22-26-21-14-17(25)10-13-20(21)23(29)27-22/h3-14H,2,15H2,1H3,(H,26,27,29). The number of carbonyl (C=O) groups excluding carboxylic acids is 1. The maximum absolute atomic E-state index is 13.1. The number of aromatic nitrogens is 2. The number of fused-ring (bicyclic) bond motifs is 1. The Morgan fingerprint density at radius 2 is 1.76 bits per heavy atom. The lowest BCUT2D eigenvalue weighted by molar-refractivity contribution is 0.0462. The largest absolute Gasteiger partial charge is 0.454 e. The number of ether oxygens (including phenoxy) is 1. The second kappa shape index (κ2) is 9.66. The van der Waals surface area contributed by atoms with Crippen LogP contribution in [0.15, 0.2) is 82.5 Å². The van der Waals surface area contributed by atoms with Crippen molar-refractivity contribution in [3.8, 4) is 0 Å². The number of H-pyrrole nitrogens is 1. The third-order valence-electron chi connectivity index (χ3n) is 5.07. The summed E-state index contributed by atoms with van der Waals surface area (Å²) in [5.41, 5.74) is 0.719. The van der Waals surface area contributed by atoms with Gasteiger partial charge in [0, 0.05) is 11.6 Å². The summed E-state index contributed by atoms with van der Waals surface area (Å²) < 4.78 is 32.7. The molecule has 1 N–H and O–H groups in total. The van der Waals surface area contributed by atoms with Crippen LogP contribution in [0, 0.1) is 0 Å². The summed E-state index contributed by atoms with van der Waals surface area (Å²) in [7, 11) is -3.81. The molecule has 4 rings (SSSR count). The van der Waals surface area contributed by atoms with E-state index >= 15 is 0 Å². The molecule has 0 unspecified atom stereocenters. The Hall–Kier alpha value is -3.69. The van der Waals surface area contributed by atoms with E-state index in [0.717, 1.165) is 0 Å². The summed E-state index contributed by atoms with van der Waals surface area (Å²) >= 11 is 5.96. The van der Waals surface area contributed by atoms with Gasteiger partial charge in [0.25, 0.3) is 15.6 Å². The molecule has 174 valence electrons. The number of anilines is 1. The Labute approximate surface area is 200 Å². The van der Waals surface area contributed by atoms with Crippen molar-refractivity contribution < 1.29 is 17.9 Å². The van der Waals surface area contributed by atoms with Gasteiger partial charge in [-0.2, -0.15) is 0 Å². The number of sulfonamides is 1. The van der Waals surface area contributed by atoms with E-state index in [-0.39, 0.29) is 35.0 Å². The monoisotopic (exact) mass is 497 g/mol. The number of benzene rings is 3. The van der Waals surface area contributed by atoms with Crippen LogP contribution in [0.3, 0.4) is 0 Å². The van der Waals surface area contributed by atoms with Crippen LogP contribution in [0.1, 0.15) is 23.1 Å². The number of hydrogen-bond donors (Lipinski definition) is 1. The number of rotatable bonds is 7. The van der Waals surface area contributed by atoms with Crippen molar-refractivity contribution in [3.63, 3.8) is 0 Å². The first-order valence-electron chi connectivity index (χ1n) is 10.3. The molecule has 0 saturated heterocycles. The van der Waals surface area contributed by atoms with Crippen molar-refractivity contribution in [1.82, 2.24) is 9.97 Å². The summed E-state index contributed by atoms with van der Waals surface area (Å²) in [6.07, 6.45) is 0. The molecule has 0 aliphatic heterocycles. The molecule has 0 saturated carbocycles. The molecular weight excluding hydrogens is 478 g/mol. The summed E-state index contributed by atoms with van der Waals surface area (Å²) in [6.45, 7) is 1.72. The Balaban J connectivity index is 1.49. The first-order valence-corrected chi connectivity index (χ1v) is 12.1. The van der Waals surface area contributed by atoms with Gasteiger partial charge in [-0.05, 0) is 61.5 Å². The van der Waals surface area contributed by atoms with E-state index in [2.05, 4.69) is 9.97 Å². The number of halogens is 1. The number of nitrogens with zero attached hydrogens (tertiary/aromatic N) is 2. The van der Waals surface area contributed by atoms with Crippen LogP contribution < -0.4 is 9.86 Å². The van der Waals surface area contributed by atoms with Crippen LogP contribution in [0.5, 0.6) is 0 Å². The van der Waals surface area contributed by atoms with Gasteiger partial charge in [0.15, 0.2) is 0 Å². The van der Waals surface area contributed by atoms with Crippen LogP contribution in [-0.4, -0.2) is 30.9 Å². The van der Waals surface area contributed by atoms with Crippen molar-refractivity contribution in [2.75, 3.05) is 10.8 Å². The van der Waals surface area contributed by atoms with Crippen molar-refractivity contribution in [3.05, 3.63) is 99.6 Å². The van der Waals surface area contributed by atoms with Gasteiger partial charge in [-0.1, -0.05) is 29.8 Å². The molecule has 0 atom stereocenters. The minimum absolute atomic E-state index is 0.0483. The molecule has 0 spiro atoms. The third kappa shape index (κ3) is 4.80. The molecule has 1 aromatic heterocycles. The fourth-order valence-electron chi connectivity index (χ4n) is 3.42. The van der Waals surface area contributed by atoms with Crippen LogP contribution in [0.4, 0.5) is 5.69 Å². The summed E-state index contributed by atoms with van der Waals surface area (Å²) in [5, 5.41) is 0.797. The predicted octanol–water partition coefficient (Wildman–Crippen LogP) is 4.15. The van der Waals surface area contributed by atoms with Gasteiger partial charge < -0.3 is 9.72 Å². The topological polar surface area (TPSA) is 109 Å². The third-order valence-corrected chi connectivity index (χ3v) is 7.22. The molecule has 3 aromatic carbocycles. The van der Waals surface area contributed by atoms with Gasteiger partial charge in [-0.25, -0.2) is 18.2 Å². The SMILES string of the molecule is CCN(c1ccccc1)S(=O)(=O)c1ccc(C(=O)OCc2nc3cc(Cl)ccc3c(=O)[nH]2)cc1. The highest BCUT2D eigenvalue weighted by Crippen LogP contribution is 2.23.